The molecule has 0 unspecified atom stereocenters. The maximum Gasteiger partial charge on any atom is 0.258 e. The minimum absolute atomic E-state index is 0.0219. The standard InChI is InChI=1S/C19H21ClN4O3/c1-4-24(18(25)8-7-14-11(2)23-27-12(14)3)10-17-21-16-9-13(20)5-6-15(16)19(26)22-17/h5-6,9H,4,7-8,10H2,1-3H3,(H,21,22,26). The van der Waals surface area contributed by atoms with Crippen LogP contribution in [0.2, 0.25) is 5.02 Å². The Kier molecular flexibility index (Phi) is 5.60. The summed E-state index contributed by atoms with van der Waals surface area (Å²) >= 11 is 5.99. The summed E-state index contributed by atoms with van der Waals surface area (Å²) in [5.74, 6) is 1.15. The number of hydrogen-bond donors (Lipinski definition) is 1. The summed E-state index contributed by atoms with van der Waals surface area (Å²) in [5, 5.41) is 4.89. The Morgan fingerprint density at radius 2 is 2.11 bits per heavy atom. The van der Waals surface area contributed by atoms with Gasteiger partial charge < -0.3 is 14.4 Å². The smallest absolute Gasteiger partial charge is 0.258 e. The van der Waals surface area contributed by atoms with E-state index in [1.165, 1.54) is 0 Å². The number of carbonyl (C=O) groups is 1. The molecule has 0 fully saturated rings. The van der Waals surface area contributed by atoms with Crippen molar-refractivity contribution in [3.05, 3.63) is 56.4 Å². The molecule has 2 aromatic heterocycles. The summed E-state index contributed by atoms with van der Waals surface area (Å²) in [6.45, 7) is 6.34. The van der Waals surface area contributed by atoms with Gasteiger partial charge in [-0.25, -0.2) is 4.98 Å². The van der Waals surface area contributed by atoms with E-state index in [2.05, 4.69) is 15.1 Å². The van der Waals surface area contributed by atoms with Gasteiger partial charge in [0.2, 0.25) is 5.91 Å². The van der Waals surface area contributed by atoms with Crippen molar-refractivity contribution in [1.82, 2.24) is 20.0 Å². The van der Waals surface area contributed by atoms with E-state index in [1.807, 2.05) is 20.8 Å². The molecule has 1 N–H and O–H groups in total. The molecule has 0 radical (unpaired) electrons. The molecule has 7 nitrogen and oxygen atoms in total. The minimum atomic E-state index is -0.245. The van der Waals surface area contributed by atoms with Gasteiger partial charge in [-0.15, -0.1) is 0 Å². The quantitative estimate of drug-likeness (QED) is 0.700. The number of nitrogens with one attached hydrogen (secondary N) is 1. The van der Waals surface area contributed by atoms with Gasteiger partial charge in [0.05, 0.1) is 23.1 Å². The Labute approximate surface area is 161 Å². The number of halogens is 1. The van der Waals surface area contributed by atoms with Gasteiger partial charge in [0.15, 0.2) is 0 Å². The van der Waals surface area contributed by atoms with Crippen molar-refractivity contribution in [1.29, 1.82) is 0 Å². The van der Waals surface area contributed by atoms with Crippen LogP contribution in [-0.4, -0.2) is 32.5 Å². The highest BCUT2D eigenvalue weighted by Crippen LogP contribution is 2.17. The van der Waals surface area contributed by atoms with Crippen LogP contribution in [0.3, 0.4) is 0 Å². The zero-order chi connectivity index (χ0) is 19.6. The van der Waals surface area contributed by atoms with E-state index < -0.39 is 0 Å². The second-order valence-corrected chi connectivity index (χ2v) is 6.82. The van der Waals surface area contributed by atoms with Crippen LogP contribution in [-0.2, 0) is 17.8 Å². The number of hydrogen-bond acceptors (Lipinski definition) is 5. The highest BCUT2D eigenvalue weighted by Gasteiger charge is 2.17. The lowest BCUT2D eigenvalue weighted by Gasteiger charge is -2.20. The fraction of sp³-hybridized carbons (Fsp3) is 0.368. The topological polar surface area (TPSA) is 92.1 Å². The van der Waals surface area contributed by atoms with E-state index in [4.69, 9.17) is 16.1 Å². The lowest BCUT2D eigenvalue weighted by atomic mass is 10.1. The molecule has 0 saturated carbocycles. The number of carbonyl (C=O) groups excluding carboxylic acids is 1. The van der Waals surface area contributed by atoms with E-state index >= 15 is 0 Å². The van der Waals surface area contributed by atoms with E-state index in [0.29, 0.717) is 41.1 Å². The molecule has 2 heterocycles. The first-order valence-electron chi connectivity index (χ1n) is 8.77. The number of nitrogens with zero attached hydrogens (tertiary/aromatic N) is 3. The Bertz CT molecular complexity index is 1020. The molecular formula is C19H21ClN4O3. The normalized spacial score (nSPS) is 11.1. The van der Waals surface area contributed by atoms with Gasteiger partial charge >= 0.3 is 0 Å². The molecule has 3 aromatic rings. The summed E-state index contributed by atoms with van der Waals surface area (Å²) in [4.78, 5) is 33.7. The van der Waals surface area contributed by atoms with Gasteiger partial charge in [0.25, 0.3) is 5.56 Å². The Balaban J connectivity index is 1.75. The maximum atomic E-state index is 12.6. The van der Waals surface area contributed by atoms with Crippen molar-refractivity contribution in [2.45, 2.75) is 40.2 Å². The van der Waals surface area contributed by atoms with Crippen LogP contribution in [0.4, 0.5) is 0 Å². The number of rotatable bonds is 6. The van der Waals surface area contributed by atoms with Crippen LogP contribution >= 0.6 is 11.6 Å². The number of aromatic amines is 1. The number of aryl methyl sites for hydroxylation is 2. The largest absolute Gasteiger partial charge is 0.361 e. The first-order chi connectivity index (χ1) is 12.9. The molecule has 1 amide bonds. The third-order valence-corrected chi connectivity index (χ3v) is 4.80. The molecule has 3 rings (SSSR count). The summed E-state index contributed by atoms with van der Waals surface area (Å²) in [5.41, 5.74) is 2.04. The average molecular weight is 389 g/mol. The van der Waals surface area contributed by atoms with Crippen molar-refractivity contribution in [2.24, 2.45) is 0 Å². The first kappa shape index (κ1) is 19.1. The molecule has 0 bridgehead atoms. The number of fused-ring (bicyclic) bond motifs is 1. The molecule has 0 aliphatic rings. The van der Waals surface area contributed by atoms with Gasteiger partial charge in [-0.2, -0.15) is 0 Å². The number of amides is 1. The second kappa shape index (κ2) is 7.92. The van der Waals surface area contributed by atoms with E-state index in [9.17, 15) is 9.59 Å². The third-order valence-electron chi connectivity index (χ3n) is 4.56. The van der Waals surface area contributed by atoms with Crippen molar-refractivity contribution >= 4 is 28.4 Å². The summed E-state index contributed by atoms with van der Waals surface area (Å²) in [7, 11) is 0. The summed E-state index contributed by atoms with van der Waals surface area (Å²) in [6, 6.07) is 4.93. The predicted molar refractivity (Wildman–Crippen MR) is 103 cm³/mol. The van der Waals surface area contributed by atoms with Gasteiger partial charge in [0, 0.05) is 23.6 Å². The summed E-state index contributed by atoms with van der Waals surface area (Å²) < 4.78 is 5.14. The number of benzene rings is 1. The molecule has 8 heteroatoms. The first-order valence-corrected chi connectivity index (χ1v) is 9.14. The molecule has 1 aromatic carbocycles. The highest BCUT2D eigenvalue weighted by atomic mass is 35.5. The van der Waals surface area contributed by atoms with Gasteiger partial charge in [-0.1, -0.05) is 16.8 Å². The van der Waals surface area contributed by atoms with Crippen LogP contribution in [0, 0.1) is 13.8 Å². The molecule has 0 spiro atoms. The molecule has 0 aliphatic carbocycles. The molecule has 0 saturated heterocycles. The van der Waals surface area contributed by atoms with Crippen molar-refractivity contribution in [3.63, 3.8) is 0 Å². The van der Waals surface area contributed by atoms with Gasteiger partial charge in [-0.3, -0.25) is 9.59 Å². The van der Waals surface area contributed by atoms with Gasteiger partial charge in [0.1, 0.15) is 11.6 Å². The average Bonchev–Trinajstić information content (AvgIpc) is 2.95. The molecule has 0 aliphatic heterocycles. The predicted octanol–water partition coefficient (Wildman–Crippen LogP) is 3.16. The van der Waals surface area contributed by atoms with E-state index in [1.54, 1.807) is 23.1 Å². The number of H-pyrrole nitrogens is 1. The van der Waals surface area contributed by atoms with Crippen LogP contribution < -0.4 is 5.56 Å². The van der Waals surface area contributed by atoms with Crippen LogP contribution in [0.25, 0.3) is 10.9 Å². The Morgan fingerprint density at radius 1 is 1.33 bits per heavy atom. The Hall–Kier alpha value is -2.67. The fourth-order valence-corrected chi connectivity index (χ4v) is 3.21. The van der Waals surface area contributed by atoms with Crippen molar-refractivity contribution in [3.8, 4) is 0 Å². The lowest BCUT2D eigenvalue weighted by molar-refractivity contribution is -0.131. The maximum absolute atomic E-state index is 12.6. The summed E-state index contributed by atoms with van der Waals surface area (Å²) in [6.07, 6.45) is 0.897. The van der Waals surface area contributed by atoms with Crippen LogP contribution in [0.1, 0.15) is 36.2 Å². The Morgan fingerprint density at radius 3 is 2.78 bits per heavy atom. The zero-order valence-corrected chi connectivity index (χ0v) is 16.3. The van der Waals surface area contributed by atoms with E-state index in [-0.39, 0.29) is 18.0 Å². The van der Waals surface area contributed by atoms with Crippen molar-refractivity contribution < 1.29 is 9.32 Å². The lowest BCUT2D eigenvalue weighted by Crippen LogP contribution is -2.32. The van der Waals surface area contributed by atoms with Gasteiger partial charge in [-0.05, 0) is 45.4 Å². The zero-order valence-electron chi connectivity index (χ0n) is 15.5. The second-order valence-electron chi connectivity index (χ2n) is 6.38. The van der Waals surface area contributed by atoms with Crippen LogP contribution in [0.15, 0.2) is 27.5 Å². The highest BCUT2D eigenvalue weighted by molar-refractivity contribution is 6.31. The van der Waals surface area contributed by atoms with E-state index in [0.717, 1.165) is 17.0 Å². The molecule has 142 valence electrons. The third kappa shape index (κ3) is 4.19. The monoisotopic (exact) mass is 388 g/mol. The number of aromatic nitrogens is 3. The molecule has 27 heavy (non-hydrogen) atoms. The molecular weight excluding hydrogens is 368 g/mol. The van der Waals surface area contributed by atoms with Crippen molar-refractivity contribution in [2.75, 3.05) is 6.54 Å². The van der Waals surface area contributed by atoms with Crippen LogP contribution in [0.5, 0.6) is 0 Å². The molecule has 0 atom stereocenters. The minimum Gasteiger partial charge on any atom is -0.361 e. The SMILES string of the molecule is CCN(Cc1nc2cc(Cl)ccc2c(=O)[nH]1)C(=O)CCc1c(C)noc1C. The fourth-order valence-electron chi connectivity index (χ4n) is 3.04.